The fraction of sp³-hybridized carbons (Fsp3) is 0.857. The van der Waals surface area contributed by atoms with Crippen molar-refractivity contribution < 1.29 is 14.3 Å². The van der Waals surface area contributed by atoms with E-state index in [9.17, 15) is 4.79 Å². The van der Waals surface area contributed by atoms with Gasteiger partial charge in [-0.15, -0.1) is 0 Å². The van der Waals surface area contributed by atoms with Crippen molar-refractivity contribution in [2.45, 2.75) is 19.8 Å². The van der Waals surface area contributed by atoms with E-state index in [4.69, 9.17) is 4.74 Å². The van der Waals surface area contributed by atoms with Gasteiger partial charge in [-0.05, 0) is 25.7 Å². The van der Waals surface area contributed by atoms with Crippen molar-refractivity contribution in [2.75, 3.05) is 13.2 Å². The van der Waals surface area contributed by atoms with Gasteiger partial charge in [-0.1, -0.05) is 0 Å². The molecule has 0 amide bonds. The number of carbonyl (C=O) groups excluding carboxylic acids is 1. The summed E-state index contributed by atoms with van der Waals surface area (Å²) in [5.41, 5.74) is 0. The summed E-state index contributed by atoms with van der Waals surface area (Å²) in [6, 6.07) is 0. The molecule has 0 aromatic carbocycles. The van der Waals surface area contributed by atoms with Crippen LogP contribution >= 0.6 is 0 Å². The Morgan fingerprint density at radius 3 is 2.70 bits per heavy atom. The van der Waals surface area contributed by atoms with Crippen LogP contribution < -0.4 is 0 Å². The third kappa shape index (κ3) is 2.71. The van der Waals surface area contributed by atoms with Gasteiger partial charge >= 0.3 is 6.16 Å². The zero-order chi connectivity index (χ0) is 7.40. The Hall–Kier alpha value is -0.730. The minimum atomic E-state index is -0.533. The molecule has 0 heterocycles. The fourth-order valence-electron chi connectivity index (χ4n) is 0.630. The Bertz CT molecular complexity index is 118. The van der Waals surface area contributed by atoms with Gasteiger partial charge in [0, 0.05) is 0 Å². The third-order valence-electron chi connectivity index (χ3n) is 1.40. The Kier molecular flexibility index (Phi) is 2.54. The normalized spacial score (nSPS) is 16.5. The van der Waals surface area contributed by atoms with Crippen LogP contribution in [0.5, 0.6) is 0 Å². The quantitative estimate of drug-likeness (QED) is 0.564. The molecule has 0 aromatic rings. The largest absolute Gasteiger partial charge is 0.508 e. The first kappa shape index (κ1) is 7.38. The van der Waals surface area contributed by atoms with E-state index in [1.807, 2.05) is 0 Å². The molecule has 0 bridgehead atoms. The maximum absolute atomic E-state index is 10.5. The monoisotopic (exact) mass is 144 g/mol. The van der Waals surface area contributed by atoms with E-state index in [0.29, 0.717) is 19.1 Å². The molecule has 0 unspecified atom stereocenters. The molecule has 0 aromatic heterocycles. The Morgan fingerprint density at radius 2 is 2.20 bits per heavy atom. The molecule has 0 radical (unpaired) electrons. The van der Waals surface area contributed by atoms with Crippen molar-refractivity contribution in [2.24, 2.45) is 5.92 Å². The maximum atomic E-state index is 10.5. The highest BCUT2D eigenvalue weighted by Crippen LogP contribution is 2.28. The van der Waals surface area contributed by atoms with E-state index in [1.54, 1.807) is 6.92 Å². The summed E-state index contributed by atoms with van der Waals surface area (Å²) < 4.78 is 9.30. The summed E-state index contributed by atoms with van der Waals surface area (Å²) in [6.07, 6.45) is 1.85. The molecule has 1 fully saturated rings. The molecule has 1 aliphatic rings. The first-order valence-electron chi connectivity index (χ1n) is 3.62. The molecule has 58 valence electrons. The van der Waals surface area contributed by atoms with Gasteiger partial charge in [0.15, 0.2) is 0 Å². The van der Waals surface area contributed by atoms with Gasteiger partial charge < -0.3 is 9.47 Å². The standard InChI is InChI=1S/C7H12O3/c1-2-9-7(8)10-5-6-3-4-6/h6H,2-5H2,1H3. The number of hydrogen-bond donors (Lipinski definition) is 0. The first-order valence-corrected chi connectivity index (χ1v) is 3.62. The summed E-state index contributed by atoms with van der Waals surface area (Å²) >= 11 is 0. The lowest BCUT2D eigenvalue weighted by molar-refractivity contribution is 0.0558. The highest BCUT2D eigenvalue weighted by atomic mass is 16.7. The van der Waals surface area contributed by atoms with Gasteiger partial charge in [0.2, 0.25) is 0 Å². The maximum Gasteiger partial charge on any atom is 0.508 e. The second-order valence-corrected chi connectivity index (χ2v) is 2.44. The van der Waals surface area contributed by atoms with Crippen molar-refractivity contribution in [3.8, 4) is 0 Å². The lowest BCUT2D eigenvalue weighted by Gasteiger charge is -2.01. The molecule has 3 nitrogen and oxygen atoms in total. The third-order valence-corrected chi connectivity index (χ3v) is 1.40. The van der Waals surface area contributed by atoms with Crippen LogP contribution in [0.1, 0.15) is 19.8 Å². The van der Waals surface area contributed by atoms with Crippen LogP contribution in [0.15, 0.2) is 0 Å². The van der Waals surface area contributed by atoms with Crippen LogP contribution in [0.4, 0.5) is 4.79 Å². The van der Waals surface area contributed by atoms with Gasteiger partial charge in [-0.3, -0.25) is 0 Å². The van der Waals surface area contributed by atoms with Crippen molar-refractivity contribution in [1.29, 1.82) is 0 Å². The van der Waals surface area contributed by atoms with Crippen LogP contribution in [0.2, 0.25) is 0 Å². The van der Waals surface area contributed by atoms with Crippen LogP contribution in [-0.2, 0) is 9.47 Å². The van der Waals surface area contributed by atoms with E-state index in [1.165, 1.54) is 12.8 Å². The second-order valence-electron chi connectivity index (χ2n) is 2.44. The minimum absolute atomic E-state index is 0.392. The van der Waals surface area contributed by atoms with Crippen molar-refractivity contribution in [1.82, 2.24) is 0 Å². The SMILES string of the molecule is CCOC(=O)OCC1CC1. The number of rotatable bonds is 3. The summed E-state index contributed by atoms with van der Waals surface area (Å²) in [5, 5.41) is 0. The fourth-order valence-corrected chi connectivity index (χ4v) is 0.630. The van der Waals surface area contributed by atoms with E-state index < -0.39 is 6.16 Å². The van der Waals surface area contributed by atoms with E-state index in [0.717, 1.165) is 0 Å². The zero-order valence-electron chi connectivity index (χ0n) is 6.13. The second kappa shape index (κ2) is 3.44. The molecule has 1 saturated carbocycles. The average molecular weight is 144 g/mol. The van der Waals surface area contributed by atoms with E-state index >= 15 is 0 Å². The molecule has 3 heteroatoms. The van der Waals surface area contributed by atoms with Crippen LogP contribution in [-0.4, -0.2) is 19.4 Å². The summed E-state index contributed by atoms with van der Waals surface area (Å²) in [5.74, 6) is 0.615. The average Bonchev–Trinajstić information content (AvgIpc) is 2.67. The molecule has 10 heavy (non-hydrogen) atoms. The highest BCUT2D eigenvalue weighted by molar-refractivity contribution is 5.59. The van der Waals surface area contributed by atoms with Gasteiger partial charge in [0.05, 0.1) is 13.2 Å². The molecule has 0 saturated heterocycles. The Labute approximate surface area is 60.3 Å². The Morgan fingerprint density at radius 1 is 1.50 bits per heavy atom. The molecule has 0 spiro atoms. The van der Waals surface area contributed by atoms with Gasteiger partial charge in [-0.25, -0.2) is 4.79 Å². The molecule has 1 rings (SSSR count). The van der Waals surface area contributed by atoms with Crippen LogP contribution in [0.25, 0.3) is 0 Å². The minimum Gasteiger partial charge on any atom is -0.435 e. The van der Waals surface area contributed by atoms with Crippen LogP contribution in [0.3, 0.4) is 0 Å². The lowest BCUT2D eigenvalue weighted by atomic mass is 10.5. The molecule has 1 aliphatic carbocycles. The van der Waals surface area contributed by atoms with Crippen molar-refractivity contribution in [3.63, 3.8) is 0 Å². The van der Waals surface area contributed by atoms with Gasteiger partial charge in [0.1, 0.15) is 0 Å². The molecular formula is C7H12O3. The number of carbonyl (C=O) groups is 1. The lowest BCUT2D eigenvalue weighted by Crippen LogP contribution is -2.08. The number of hydrogen-bond acceptors (Lipinski definition) is 3. The first-order chi connectivity index (χ1) is 4.83. The molecule has 0 atom stereocenters. The topological polar surface area (TPSA) is 35.5 Å². The predicted octanol–water partition coefficient (Wildman–Crippen LogP) is 1.57. The summed E-state index contributed by atoms with van der Waals surface area (Å²) in [4.78, 5) is 10.5. The summed E-state index contributed by atoms with van der Waals surface area (Å²) in [6.45, 7) is 2.70. The summed E-state index contributed by atoms with van der Waals surface area (Å²) in [7, 11) is 0. The van der Waals surface area contributed by atoms with Crippen molar-refractivity contribution in [3.05, 3.63) is 0 Å². The smallest absolute Gasteiger partial charge is 0.435 e. The van der Waals surface area contributed by atoms with Crippen molar-refractivity contribution >= 4 is 6.16 Å². The molecule has 0 N–H and O–H groups in total. The molecule has 0 aliphatic heterocycles. The number of ether oxygens (including phenoxy) is 2. The highest BCUT2D eigenvalue weighted by Gasteiger charge is 2.23. The zero-order valence-corrected chi connectivity index (χ0v) is 6.13. The van der Waals surface area contributed by atoms with Crippen LogP contribution in [0, 0.1) is 5.92 Å². The van der Waals surface area contributed by atoms with E-state index in [2.05, 4.69) is 4.74 Å². The molecular weight excluding hydrogens is 132 g/mol. The Balaban J connectivity index is 1.94. The van der Waals surface area contributed by atoms with Gasteiger partial charge in [0.25, 0.3) is 0 Å². The predicted molar refractivity (Wildman–Crippen MR) is 35.7 cm³/mol. The van der Waals surface area contributed by atoms with E-state index in [-0.39, 0.29) is 0 Å². The van der Waals surface area contributed by atoms with Gasteiger partial charge in [-0.2, -0.15) is 0 Å².